The molecule has 0 aromatic carbocycles. The van der Waals surface area contributed by atoms with E-state index >= 15 is 0 Å². The summed E-state index contributed by atoms with van der Waals surface area (Å²) in [5, 5.41) is 21.8. The van der Waals surface area contributed by atoms with Crippen LogP contribution >= 0.6 is 0 Å². The molecule has 0 aromatic rings. The van der Waals surface area contributed by atoms with Gasteiger partial charge < -0.3 is 10.2 Å². The molecule has 4 saturated carbocycles. The van der Waals surface area contributed by atoms with Gasteiger partial charge in [-0.05, 0) is 73.0 Å². The number of carbonyl (C=O) groups is 1. The lowest BCUT2D eigenvalue weighted by Gasteiger charge is -2.66. The van der Waals surface area contributed by atoms with Crippen molar-refractivity contribution in [1.29, 1.82) is 0 Å². The van der Waals surface area contributed by atoms with Crippen LogP contribution in [0, 0.1) is 34.0 Å². The Hall–Kier alpha value is -0.410. The fourth-order valence-corrected chi connectivity index (χ4v) is 7.95. The molecule has 7 atom stereocenters. The van der Waals surface area contributed by atoms with Gasteiger partial charge in [0.05, 0.1) is 11.7 Å². The second-order valence-corrected chi connectivity index (χ2v) is 10.4. The highest BCUT2D eigenvalue weighted by Gasteiger charge is 2.71. The Balaban J connectivity index is 1.83. The average Bonchev–Trinajstić information content (AvgIpc) is 2.70. The van der Waals surface area contributed by atoms with Crippen molar-refractivity contribution in [2.24, 2.45) is 34.0 Å². The molecule has 4 fully saturated rings. The van der Waals surface area contributed by atoms with Crippen molar-refractivity contribution in [3.05, 3.63) is 0 Å². The SMILES string of the molecule is CC1(C)CC(=O)CC2(C)C1C(O)CC1CC3CC12CCC3(C)O. The van der Waals surface area contributed by atoms with E-state index in [1.54, 1.807) is 0 Å². The van der Waals surface area contributed by atoms with Crippen LogP contribution in [0.3, 0.4) is 0 Å². The van der Waals surface area contributed by atoms with Crippen LogP contribution in [0.15, 0.2) is 0 Å². The van der Waals surface area contributed by atoms with Crippen LogP contribution in [-0.4, -0.2) is 27.7 Å². The van der Waals surface area contributed by atoms with Crippen LogP contribution in [0.1, 0.15) is 72.6 Å². The molecule has 0 aromatic heterocycles. The number of hydrogen-bond acceptors (Lipinski definition) is 3. The Labute approximate surface area is 139 Å². The van der Waals surface area contributed by atoms with E-state index in [1.807, 2.05) is 6.92 Å². The highest BCUT2D eigenvalue weighted by Crippen LogP contribution is 2.74. The van der Waals surface area contributed by atoms with Crippen LogP contribution in [-0.2, 0) is 4.79 Å². The molecule has 0 amide bonds. The van der Waals surface area contributed by atoms with Crippen LogP contribution in [0.25, 0.3) is 0 Å². The fraction of sp³-hybridized carbons (Fsp3) is 0.950. The van der Waals surface area contributed by atoms with E-state index in [2.05, 4.69) is 20.8 Å². The summed E-state index contributed by atoms with van der Waals surface area (Å²) in [6.45, 7) is 8.65. The Morgan fingerprint density at radius 3 is 2.39 bits per heavy atom. The molecule has 23 heavy (non-hydrogen) atoms. The minimum absolute atomic E-state index is 0.112. The minimum Gasteiger partial charge on any atom is -0.393 e. The predicted octanol–water partition coefficient (Wildman–Crippen LogP) is 3.32. The van der Waals surface area contributed by atoms with Gasteiger partial charge >= 0.3 is 0 Å². The molecule has 0 aliphatic heterocycles. The summed E-state index contributed by atoms with van der Waals surface area (Å²) in [5.74, 6) is 1.38. The molecule has 4 aliphatic carbocycles. The van der Waals surface area contributed by atoms with Crippen LogP contribution in [0.4, 0.5) is 0 Å². The van der Waals surface area contributed by atoms with Gasteiger partial charge in [0.15, 0.2) is 0 Å². The zero-order chi connectivity index (χ0) is 16.8. The molecule has 0 radical (unpaired) electrons. The lowest BCUT2D eigenvalue weighted by atomic mass is 9.39. The Morgan fingerprint density at radius 1 is 1.00 bits per heavy atom. The number of aliphatic hydroxyl groups excluding tert-OH is 1. The molecule has 2 bridgehead atoms. The van der Waals surface area contributed by atoms with Gasteiger partial charge in [-0.1, -0.05) is 20.8 Å². The van der Waals surface area contributed by atoms with Crippen molar-refractivity contribution in [1.82, 2.24) is 0 Å². The maximum absolute atomic E-state index is 12.6. The largest absolute Gasteiger partial charge is 0.393 e. The normalized spacial score (nSPS) is 57.7. The molecule has 0 saturated heterocycles. The first-order valence-corrected chi connectivity index (χ1v) is 9.44. The molecule has 130 valence electrons. The molecule has 7 unspecified atom stereocenters. The molecule has 1 spiro atoms. The van der Waals surface area contributed by atoms with Gasteiger partial charge in [0.25, 0.3) is 0 Å². The minimum atomic E-state index is -0.562. The number of fused-ring (bicyclic) bond motifs is 2. The highest BCUT2D eigenvalue weighted by atomic mass is 16.3. The van der Waals surface area contributed by atoms with E-state index in [0.29, 0.717) is 30.5 Å². The smallest absolute Gasteiger partial charge is 0.134 e. The number of aliphatic hydroxyl groups is 2. The van der Waals surface area contributed by atoms with Crippen molar-refractivity contribution in [3.8, 4) is 0 Å². The first-order valence-electron chi connectivity index (χ1n) is 9.44. The van der Waals surface area contributed by atoms with E-state index in [0.717, 1.165) is 32.1 Å². The van der Waals surface area contributed by atoms with Gasteiger partial charge in [-0.25, -0.2) is 0 Å². The van der Waals surface area contributed by atoms with Gasteiger partial charge in [-0.15, -0.1) is 0 Å². The third kappa shape index (κ3) is 1.87. The van der Waals surface area contributed by atoms with Crippen molar-refractivity contribution in [2.45, 2.75) is 84.3 Å². The summed E-state index contributed by atoms with van der Waals surface area (Å²) in [5.41, 5.74) is -0.647. The van der Waals surface area contributed by atoms with Crippen molar-refractivity contribution in [2.75, 3.05) is 0 Å². The maximum Gasteiger partial charge on any atom is 0.134 e. The van der Waals surface area contributed by atoms with E-state index < -0.39 is 5.60 Å². The predicted molar refractivity (Wildman–Crippen MR) is 88.7 cm³/mol. The average molecular weight is 320 g/mol. The van der Waals surface area contributed by atoms with Crippen molar-refractivity contribution < 1.29 is 15.0 Å². The van der Waals surface area contributed by atoms with E-state index in [-0.39, 0.29) is 28.3 Å². The summed E-state index contributed by atoms with van der Waals surface area (Å²) in [6.07, 6.45) is 5.74. The van der Waals surface area contributed by atoms with Crippen LogP contribution in [0.2, 0.25) is 0 Å². The van der Waals surface area contributed by atoms with E-state index in [1.165, 1.54) is 0 Å². The molecular weight excluding hydrogens is 288 g/mol. The Bertz CT molecular complexity index is 551. The topological polar surface area (TPSA) is 57.5 Å². The molecule has 3 heteroatoms. The molecule has 3 nitrogen and oxygen atoms in total. The number of carbonyl (C=O) groups excluding carboxylic acids is 1. The highest BCUT2D eigenvalue weighted by molar-refractivity contribution is 5.81. The number of rotatable bonds is 0. The lowest BCUT2D eigenvalue weighted by Crippen LogP contribution is -2.64. The molecule has 2 N–H and O–H groups in total. The lowest BCUT2D eigenvalue weighted by molar-refractivity contribution is -0.208. The molecule has 4 aliphatic rings. The zero-order valence-corrected chi connectivity index (χ0v) is 15.1. The molecule has 0 heterocycles. The fourth-order valence-electron chi connectivity index (χ4n) is 7.95. The maximum atomic E-state index is 12.6. The third-order valence-electron chi connectivity index (χ3n) is 8.71. The number of Topliss-reactive ketones (excluding diaryl/α,β-unsaturated/α-hetero) is 1. The van der Waals surface area contributed by atoms with E-state index in [9.17, 15) is 15.0 Å². The second-order valence-electron chi connectivity index (χ2n) is 10.4. The Morgan fingerprint density at radius 2 is 1.70 bits per heavy atom. The number of ketones is 1. The van der Waals surface area contributed by atoms with Crippen LogP contribution in [0.5, 0.6) is 0 Å². The summed E-state index contributed by atoms with van der Waals surface area (Å²) >= 11 is 0. The van der Waals surface area contributed by atoms with Crippen molar-refractivity contribution in [3.63, 3.8) is 0 Å². The first kappa shape index (κ1) is 16.1. The Kier molecular flexibility index (Phi) is 3.08. The van der Waals surface area contributed by atoms with Gasteiger partial charge in [-0.3, -0.25) is 4.79 Å². The first-order chi connectivity index (χ1) is 10.5. The van der Waals surface area contributed by atoms with Gasteiger partial charge in [-0.2, -0.15) is 0 Å². The quantitative estimate of drug-likeness (QED) is 0.720. The monoisotopic (exact) mass is 320 g/mol. The molecular formula is C20H32O3. The second kappa shape index (κ2) is 4.40. The molecule has 4 rings (SSSR count). The van der Waals surface area contributed by atoms with E-state index in [4.69, 9.17) is 0 Å². The summed E-state index contributed by atoms with van der Waals surface area (Å²) < 4.78 is 0. The van der Waals surface area contributed by atoms with Gasteiger partial charge in [0, 0.05) is 12.8 Å². The summed E-state index contributed by atoms with van der Waals surface area (Å²) in [6, 6.07) is 0. The van der Waals surface area contributed by atoms with Gasteiger partial charge in [0.1, 0.15) is 5.78 Å². The number of hydrogen-bond donors (Lipinski definition) is 2. The summed E-state index contributed by atoms with van der Waals surface area (Å²) in [4.78, 5) is 12.6. The third-order valence-corrected chi connectivity index (χ3v) is 8.71. The van der Waals surface area contributed by atoms with Crippen molar-refractivity contribution >= 4 is 5.78 Å². The van der Waals surface area contributed by atoms with Gasteiger partial charge in [0.2, 0.25) is 0 Å². The zero-order valence-electron chi connectivity index (χ0n) is 15.1. The summed E-state index contributed by atoms with van der Waals surface area (Å²) in [7, 11) is 0. The van der Waals surface area contributed by atoms with Crippen LogP contribution < -0.4 is 0 Å². The standard InChI is InChI=1S/C20H32O3/c1-17(2)10-14(21)11-18(3)16(17)15(22)8-12-7-13-9-20(12,18)6-5-19(13,4)23/h12-13,15-16,22-23H,5-11H2,1-4H3.